The number of aryl methyl sites for hydroxylation is 1. The van der Waals surface area contributed by atoms with Crippen LogP contribution in [0.4, 0.5) is 5.82 Å². The largest absolute Gasteiger partial charge is 0.373 e. The summed E-state index contributed by atoms with van der Waals surface area (Å²) >= 11 is 3.45. The molecule has 0 aliphatic carbocycles. The van der Waals surface area contributed by atoms with E-state index < -0.39 is 0 Å². The van der Waals surface area contributed by atoms with Gasteiger partial charge in [0, 0.05) is 29.1 Å². The Hall–Kier alpha value is -1.42. The quantitative estimate of drug-likeness (QED) is 0.937. The van der Waals surface area contributed by atoms with E-state index in [0.717, 1.165) is 39.4 Å². The van der Waals surface area contributed by atoms with E-state index in [-0.39, 0.29) is 0 Å². The maximum atomic E-state index is 4.63. The summed E-state index contributed by atoms with van der Waals surface area (Å²) in [6.07, 6.45) is 0.832. The summed E-state index contributed by atoms with van der Waals surface area (Å²) in [7, 11) is 1.89. The summed E-state index contributed by atoms with van der Waals surface area (Å²) in [6.45, 7) is 4.11. The average molecular weight is 306 g/mol. The van der Waals surface area contributed by atoms with Crippen molar-refractivity contribution < 1.29 is 0 Å². The second-order valence-corrected chi connectivity index (χ2v) is 4.99. The molecule has 0 radical (unpaired) electrons. The van der Waals surface area contributed by atoms with Crippen LogP contribution in [0, 0.1) is 6.92 Å². The van der Waals surface area contributed by atoms with Crippen molar-refractivity contribution >= 4 is 21.7 Å². The Labute approximate surface area is 116 Å². The fourth-order valence-corrected chi connectivity index (χ4v) is 2.12. The number of nitrogens with zero attached hydrogens (tertiary/aromatic N) is 2. The number of benzene rings is 1. The monoisotopic (exact) mass is 305 g/mol. The first-order chi connectivity index (χ1) is 8.65. The molecule has 0 aliphatic rings. The van der Waals surface area contributed by atoms with E-state index in [0.29, 0.717) is 0 Å². The Bertz CT molecular complexity index is 550. The van der Waals surface area contributed by atoms with Gasteiger partial charge < -0.3 is 5.32 Å². The molecule has 0 amide bonds. The lowest BCUT2D eigenvalue weighted by Gasteiger charge is -2.11. The topological polar surface area (TPSA) is 37.8 Å². The summed E-state index contributed by atoms with van der Waals surface area (Å²) in [5, 5.41) is 3.13. The zero-order chi connectivity index (χ0) is 13.1. The average Bonchev–Trinajstić information content (AvgIpc) is 2.40. The molecule has 0 spiro atoms. The second-order valence-electron chi connectivity index (χ2n) is 4.07. The lowest BCUT2D eigenvalue weighted by atomic mass is 10.1. The van der Waals surface area contributed by atoms with E-state index in [1.165, 1.54) is 0 Å². The summed E-state index contributed by atoms with van der Waals surface area (Å²) in [5.41, 5.74) is 3.19. The Morgan fingerprint density at radius 3 is 2.39 bits per heavy atom. The van der Waals surface area contributed by atoms with Gasteiger partial charge in [-0.05, 0) is 19.1 Å². The van der Waals surface area contributed by atoms with Crippen LogP contribution >= 0.6 is 15.9 Å². The molecular weight excluding hydrogens is 290 g/mol. The minimum atomic E-state index is 0.832. The summed E-state index contributed by atoms with van der Waals surface area (Å²) in [4.78, 5) is 9.11. The van der Waals surface area contributed by atoms with E-state index >= 15 is 0 Å². The van der Waals surface area contributed by atoms with Gasteiger partial charge in [-0.15, -0.1) is 0 Å². The van der Waals surface area contributed by atoms with Crippen LogP contribution in [0.3, 0.4) is 0 Å². The molecule has 0 saturated carbocycles. The van der Waals surface area contributed by atoms with E-state index in [9.17, 15) is 0 Å². The molecule has 0 aliphatic heterocycles. The van der Waals surface area contributed by atoms with Gasteiger partial charge in [0.2, 0.25) is 0 Å². The van der Waals surface area contributed by atoms with Gasteiger partial charge in [-0.25, -0.2) is 9.97 Å². The fourth-order valence-electron chi connectivity index (χ4n) is 1.85. The van der Waals surface area contributed by atoms with Crippen LogP contribution < -0.4 is 5.32 Å². The van der Waals surface area contributed by atoms with Gasteiger partial charge in [0.05, 0.1) is 5.69 Å². The number of rotatable bonds is 3. The molecule has 0 saturated heterocycles. The Balaban J connectivity index is 2.58. The van der Waals surface area contributed by atoms with Crippen molar-refractivity contribution in [3.63, 3.8) is 0 Å². The van der Waals surface area contributed by atoms with Crippen molar-refractivity contribution in [3.05, 3.63) is 40.1 Å². The van der Waals surface area contributed by atoms with Gasteiger partial charge in [0.1, 0.15) is 11.6 Å². The molecule has 0 fully saturated rings. The van der Waals surface area contributed by atoms with Crippen LogP contribution in [-0.4, -0.2) is 17.0 Å². The zero-order valence-electron chi connectivity index (χ0n) is 10.8. The highest BCUT2D eigenvalue weighted by Gasteiger charge is 2.10. The maximum Gasteiger partial charge on any atom is 0.132 e. The normalized spacial score (nSPS) is 10.4. The van der Waals surface area contributed by atoms with Gasteiger partial charge in [0.25, 0.3) is 0 Å². The molecule has 1 aromatic heterocycles. The third-order valence-electron chi connectivity index (χ3n) is 2.86. The smallest absolute Gasteiger partial charge is 0.132 e. The highest BCUT2D eigenvalue weighted by molar-refractivity contribution is 9.10. The van der Waals surface area contributed by atoms with Crippen LogP contribution in [0.15, 0.2) is 28.7 Å². The molecule has 0 atom stereocenters. The lowest BCUT2D eigenvalue weighted by molar-refractivity contribution is 0.936. The van der Waals surface area contributed by atoms with Gasteiger partial charge in [-0.2, -0.15) is 0 Å². The summed E-state index contributed by atoms with van der Waals surface area (Å²) in [6, 6.07) is 8.19. The first kappa shape index (κ1) is 13.0. The molecule has 94 valence electrons. The number of hydrogen-bond acceptors (Lipinski definition) is 3. The zero-order valence-corrected chi connectivity index (χ0v) is 12.4. The van der Waals surface area contributed by atoms with E-state index in [1.807, 2.05) is 26.1 Å². The van der Waals surface area contributed by atoms with Gasteiger partial charge in [-0.3, -0.25) is 0 Å². The van der Waals surface area contributed by atoms with Gasteiger partial charge >= 0.3 is 0 Å². The second kappa shape index (κ2) is 5.48. The number of hydrogen-bond donors (Lipinski definition) is 1. The Morgan fingerprint density at radius 1 is 1.17 bits per heavy atom. The maximum absolute atomic E-state index is 4.63. The van der Waals surface area contributed by atoms with E-state index in [1.54, 1.807) is 0 Å². The SMILES string of the molecule is CCc1nc(NC)c(C)c(-c2ccc(Br)cc2)n1. The van der Waals surface area contributed by atoms with Gasteiger partial charge in [0.15, 0.2) is 0 Å². The molecule has 0 unspecified atom stereocenters. The number of anilines is 1. The summed E-state index contributed by atoms with van der Waals surface area (Å²) in [5.74, 6) is 1.77. The van der Waals surface area contributed by atoms with Crippen LogP contribution in [0.1, 0.15) is 18.3 Å². The molecular formula is C14H16BrN3. The van der Waals surface area contributed by atoms with Crippen molar-refractivity contribution in [2.24, 2.45) is 0 Å². The molecule has 1 N–H and O–H groups in total. The first-order valence-electron chi connectivity index (χ1n) is 5.97. The third-order valence-corrected chi connectivity index (χ3v) is 3.39. The van der Waals surface area contributed by atoms with Crippen LogP contribution in [0.5, 0.6) is 0 Å². The fraction of sp³-hybridized carbons (Fsp3) is 0.286. The molecule has 0 bridgehead atoms. The van der Waals surface area contributed by atoms with E-state index in [4.69, 9.17) is 0 Å². The number of halogens is 1. The van der Waals surface area contributed by atoms with Crippen LogP contribution in [0.25, 0.3) is 11.3 Å². The van der Waals surface area contributed by atoms with Crippen LogP contribution in [0.2, 0.25) is 0 Å². The number of nitrogens with one attached hydrogen (secondary N) is 1. The molecule has 2 rings (SSSR count). The van der Waals surface area contributed by atoms with Crippen molar-refractivity contribution in [1.29, 1.82) is 0 Å². The minimum absolute atomic E-state index is 0.832. The summed E-state index contributed by atoms with van der Waals surface area (Å²) < 4.78 is 1.07. The molecule has 3 nitrogen and oxygen atoms in total. The van der Waals surface area contributed by atoms with Crippen molar-refractivity contribution in [3.8, 4) is 11.3 Å². The van der Waals surface area contributed by atoms with Crippen molar-refractivity contribution in [2.45, 2.75) is 20.3 Å². The third kappa shape index (κ3) is 2.53. The predicted octanol–water partition coefficient (Wildman–Crippen LogP) is 3.82. The highest BCUT2D eigenvalue weighted by Crippen LogP contribution is 2.26. The van der Waals surface area contributed by atoms with E-state index in [2.05, 4.69) is 50.3 Å². The predicted molar refractivity (Wildman–Crippen MR) is 78.8 cm³/mol. The first-order valence-corrected chi connectivity index (χ1v) is 6.76. The lowest BCUT2D eigenvalue weighted by Crippen LogP contribution is -2.04. The number of aromatic nitrogens is 2. The minimum Gasteiger partial charge on any atom is -0.373 e. The van der Waals surface area contributed by atoms with Crippen LogP contribution in [-0.2, 0) is 6.42 Å². The molecule has 18 heavy (non-hydrogen) atoms. The molecule has 2 aromatic rings. The molecule has 4 heteroatoms. The van der Waals surface area contributed by atoms with Gasteiger partial charge in [-0.1, -0.05) is 35.0 Å². The molecule has 1 aromatic carbocycles. The van der Waals surface area contributed by atoms with Crippen molar-refractivity contribution in [1.82, 2.24) is 9.97 Å². The Morgan fingerprint density at radius 2 is 1.83 bits per heavy atom. The standard InChI is InChI=1S/C14H16BrN3/c1-4-12-17-13(9(2)14(16-3)18-12)10-5-7-11(15)8-6-10/h5-8H,4H2,1-3H3,(H,16,17,18). The molecule has 1 heterocycles. The highest BCUT2D eigenvalue weighted by atomic mass is 79.9. The Kier molecular flexibility index (Phi) is 3.97. The van der Waals surface area contributed by atoms with Crippen molar-refractivity contribution in [2.75, 3.05) is 12.4 Å².